The number of fused-ring (bicyclic) bond motifs is 13. The van der Waals surface area contributed by atoms with Crippen molar-refractivity contribution in [3.05, 3.63) is 297 Å². The van der Waals surface area contributed by atoms with Gasteiger partial charge in [-0.2, -0.15) is 0 Å². The van der Waals surface area contributed by atoms with Crippen LogP contribution in [0.5, 0.6) is 0 Å². The molecule has 0 spiro atoms. The molecule has 0 bridgehead atoms. The summed E-state index contributed by atoms with van der Waals surface area (Å²) in [6.07, 6.45) is 0. The van der Waals surface area contributed by atoms with Gasteiger partial charge in [-0.3, -0.25) is 0 Å². The first kappa shape index (κ1) is 48.1. The first-order valence-electron chi connectivity index (χ1n) is 29.2. The molecule has 0 N–H and O–H groups in total. The topological polar surface area (TPSA) is 4.93 Å². The number of hydrogen-bond donors (Lipinski definition) is 0. The second-order valence-electron chi connectivity index (χ2n) is 22.6. The molecule has 0 amide bonds. The summed E-state index contributed by atoms with van der Waals surface area (Å²) in [5.74, 6) is 0. The smallest absolute Gasteiger partial charge is 0.0541 e. The largest absolute Gasteiger partial charge is 0.309 e. The lowest BCUT2D eigenvalue weighted by atomic mass is 9.86. The van der Waals surface area contributed by atoms with Gasteiger partial charge in [0.05, 0.1) is 11.0 Å². The summed E-state index contributed by atoms with van der Waals surface area (Å²) < 4.78 is 7.74. The van der Waals surface area contributed by atoms with Crippen LogP contribution in [0, 0.1) is 0 Å². The Labute approximate surface area is 498 Å². The van der Waals surface area contributed by atoms with Crippen LogP contribution in [-0.2, 0) is 0 Å². The van der Waals surface area contributed by atoms with Crippen LogP contribution in [-0.4, -0.2) is 4.57 Å². The SMILES string of the molecule is c1ccc(-c2c3ccccc3c(-c3ccc(-n4c5ccc(-c6cccc7c6sc6c(-c8ccc9ccccc9c8)cccc67)cc5c5cc(-c6cccc7c6sc6c(-c8ccc9ccccc9c8)cccc67)ccc54)cc3)c3ccccc23)cc1. The highest BCUT2D eigenvalue weighted by atomic mass is 32.1. The Morgan fingerprint density at radius 1 is 0.200 bits per heavy atom. The lowest BCUT2D eigenvalue weighted by Crippen LogP contribution is -1.95. The van der Waals surface area contributed by atoms with Crippen LogP contribution in [0.3, 0.4) is 0 Å². The Morgan fingerprint density at radius 2 is 0.518 bits per heavy atom. The summed E-state index contributed by atoms with van der Waals surface area (Å²) in [6.45, 7) is 0. The van der Waals surface area contributed by atoms with Crippen LogP contribution >= 0.6 is 22.7 Å². The average molecular weight is 1110 g/mol. The third-order valence-corrected chi connectivity index (χ3v) is 20.5. The summed E-state index contributed by atoms with van der Waals surface area (Å²) >= 11 is 3.84. The minimum absolute atomic E-state index is 1.12. The third kappa shape index (κ3) is 7.54. The minimum atomic E-state index is 1.12. The molecule has 18 rings (SSSR count). The molecule has 1 nitrogen and oxygen atoms in total. The van der Waals surface area contributed by atoms with Gasteiger partial charge >= 0.3 is 0 Å². The van der Waals surface area contributed by atoms with Crippen molar-refractivity contribution in [2.75, 3.05) is 0 Å². The molecule has 0 aliphatic carbocycles. The molecule has 0 atom stereocenters. The Kier molecular flexibility index (Phi) is 10.8. The van der Waals surface area contributed by atoms with Crippen LogP contribution in [0.2, 0.25) is 0 Å². The first-order valence-corrected chi connectivity index (χ1v) is 30.8. The van der Waals surface area contributed by atoms with E-state index in [1.807, 2.05) is 22.7 Å². The van der Waals surface area contributed by atoms with Crippen molar-refractivity contribution in [2.24, 2.45) is 0 Å². The zero-order valence-corrected chi connectivity index (χ0v) is 47.7. The second-order valence-corrected chi connectivity index (χ2v) is 24.7. The standard InChI is InChI=1S/C82H49NS2/c1-2-18-52(19-3-1)77-65-22-8-10-24-67(65)78(68-25-11-9-23-66(68)77)53-38-42-60(43-39-53)83-75-44-40-58(63-28-14-32-71-69-30-12-26-61(79(69)84-81(63)71)56-36-34-50-16-4-6-20-54(50)46-56)48-73(75)74-49-59(41-45-76(74)83)64-29-15-33-72-70-31-13-27-62(80(70)85-82(64)72)57-37-35-51-17-5-7-21-55(51)47-57/h1-49H. The van der Waals surface area contributed by atoms with E-state index in [0.717, 1.165) is 5.69 Å². The van der Waals surface area contributed by atoms with E-state index in [1.165, 1.54) is 172 Å². The molecule has 394 valence electrons. The Balaban J connectivity index is 0.824. The molecule has 0 fully saturated rings. The Morgan fingerprint density at radius 3 is 0.929 bits per heavy atom. The normalized spacial score (nSPS) is 12.0. The molecule has 0 saturated heterocycles. The maximum atomic E-state index is 2.49. The quantitative estimate of drug-likeness (QED) is 0.140. The van der Waals surface area contributed by atoms with Gasteiger partial charge in [-0.25, -0.2) is 0 Å². The van der Waals surface area contributed by atoms with Gasteiger partial charge in [-0.1, -0.05) is 249 Å². The van der Waals surface area contributed by atoms with Gasteiger partial charge in [0, 0.05) is 56.8 Å². The molecule has 85 heavy (non-hydrogen) atoms. The van der Waals surface area contributed by atoms with E-state index in [-0.39, 0.29) is 0 Å². The number of nitrogens with zero attached hydrogens (tertiary/aromatic N) is 1. The van der Waals surface area contributed by atoms with Crippen LogP contribution < -0.4 is 0 Å². The van der Waals surface area contributed by atoms with Crippen molar-refractivity contribution in [3.63, 3.8) is 0 Å². The predicted octanol–water partition coefficient (Wildman–Crippen LogP) is 24.1. The summed E-state index contributed by atoms with van der Waals surface area (Å²) in [5, 5.41) is 17.7. The van der Waals surface area contributed by atoms with Crippen molar-refractivity contribution >= 4 is 128 Å². The molecular weight excluding hydrogens is 1060 g/mol. The van der Waals surface area contributed by atoms with E-state index < -0.39 is 0 Å². The van der Waals surface area contributed by atoms with Crippen LogP contribution in [0.1, 0.15) is 0 Å². The Hall–Kier alpha value is -10.4. The number of benzene rings is 15. The summed E-state index contributed by atoms with van der Waals surface area (Å²) in [4.78, 5) is 0. The van der Waals surface area contributed by atoms with Gasteiger partial charge in [-0.05, 0) is 158 Å². The van der Waals surface area contributed by atoms with Gasteiger partial charge < -0.3 is 4.57 Å². The zero-order chi connectivity index (χ0) is 55.7. The highest BCUT2D eigenvalue weighted by Crippen LogP contribution is 2.49. The maximum Gasteiger partial charge on any atom is 0.0541 e. The fraction of sp³-hybridized carbons (Fsp3) is 0. The second kappa shape index (κ2) is 19.1. The molecule has 15 aromatic carbocycles. The molecule has 3 aromatic heterocycles. The fourth-order valence-electron chi connectivity index (χ4n) is 14.0. The third-order valence-electron chi connectivity index (χ3n) is 18.0. The number of hydrogen-bond acceptors (Lipinski definition) is 2. The van der Waals surface area contributed by atoms with E-state index in [9.17, 15) is 0 Å². The first-order chi connectivity index (χ1) is 42.1. The van der Waals surface area contributed by atoms with Gasteiger partial charge in [0.2, 0.25) is 0 Å². The fourth-order valence-corrected chi connectivity index (χ4v) is 16.8. The molecule has 3 heteroatoms. The molecule has 3 heterocycles. The Bertz CT molecular complexity index is 5470. The van der Waals surface area contributed by atoms with E-state index in [2.05, 4.69) is 302 Å². The average Bonchev–Trinajstić information content (AvgIpc) is 2.25. The van der Waals surface area contributed by atoms with Crippen LogP contribution in [0.4, 0.5) is 0 Å². The molecular formula is C82H49NS2. The summed E-state index contributed by atoms with van der Waals surface area (Å²) in [6, 6.07) is 111. The van der Waals surface area contributed by atoms with Crippen molar-refractivity contribution < 1.29 is 0 Å². The van der Waals surface area contributed by atoms with Crippen LogP contribution in [0.15, 0.2) is 297 Å². The number of rotatable bonds is 7. The highest BCUT2D eigenvalue weighted by molar-refractivity contribution is 7.27. The highest BCUT2D eigenvalue weighted by Gasteiger charge is 2.22. The zero-order valence-electron chi connectivity index (χ0n) is 46.1. The van der Waals surface area contributed by atoms with Crippen molar-refractivity contribution in [2.45, 2.75) is 0 Å². The molecule has 0 unspecified atom stereocenters. The summed E-state index contributed by atoms with van der Waals surface area (Å²) in [7, 11) is 0. The summed E-state index contributed by atoms with van der Waals surface area (Å²) in [5.41, 5.74) is 18.4. The van der Waals surface area contributed by atoms with E-state index in [4.69, 9.17) is 0 Å². The van der Waals surface area contributed by atoms with Gasteiger partial charge in [0.25, 0.3) is 0 Å². The molecule has 0 aliphatic heterocycles. The van der Waals surface area contributed by atoms with E-state index >= 15 is 0 Å². The minimum Gasteiger partial charge on any atom is -0.309 e. The number of aromatic nitrogens is 1. The lowest BCUT2D eigenvalue weighted by Gasteiger charge is -2.18. The van der Waals surface area contributed by atoms with E-state index in [1.54, 1.807) is 0 Å². The van der Waals surface area contributed by atoms with Gasteiger partial charge in [0.15, 0.2) is 0 Å². The molecule has 0 saturated carbocycles. The number of thiophene rings is 2. The maximum absolute atomic E-state index is 2.49. The van der Waals surface area contributed by atoms with Gasteiger partial charge in [-0.15, -0.1) is 22.7 Å². The monoisotopic (exact) mass is 1110 g/mol. The van der Waals surface area contributed by atoms with Crippen molar-refractivity contribution in [1.82, 2.24) is 4.57 Å². The molecule has 0 radical (unpaired) electrons. The predicted molar refractivity (Wildman–Crippen MR) is 369 cm³/mol. The van der Waals surface area contributed by atoms with Crippen molar-refractivity contribution in [1.29, 1.82) is 0 Å². The van der Waals surface area contributed by atoms with Crippen LogP contribution in [0.25, 0.3) is 178 Å². The van der Waals surface area contributed by atoms with Crippen molar-refractivity contribution in [3.8, 4) is 72.4 Å². The molecule has 0 aliphatic rings. The van der Waals surface area contributed by atoms with Gasteiger partial charge in [0.1, 0.15) is 0 Å². The lowest BCUT2D eigenvalue weighted by molar-refractivity contribution is 1.18. The molecule has 18 aromatic rings. The van der Waals surface area contributed by atoms with E-state index in [0.29, 0.717) is 0 Å².